The Labute approximate surface area is 151 Å². The maximum atomic E-state index is 5.57. The fourth-order valence-corrected chi connectivity index (χ4v) is 4.75. The minimum atomic E-state index is 0.398. The molecular weight excluding hydrogens is 330 g/mol. The van der Waals surface area contributed by atoms with E-state index in [0.717, 1.165) is 28.6 Å². The van der Waals surface area contributed by atoms with Gasteiger partial charge in [0.15, 0.2) is 5.76 Å². The van der Waals surface area contributed by atoms with Gasteiger partial charge in [-0.1, -0.05) is 26.0 Å². The van der Waals surface area contributed by atoms with Crippen molar-refractivity contribution in [3.63, 3.8) is 0 Å². The lowest BCUT2D eigenvalue weighted by molar-refractivity contribution is -0.00126. The molecule has 0 saturated heterocycles. The minimum absolute atomic E-state index is 0.398. The molecule has 3 aliphatic carbocycles. The topological polar surface area (TPSA) is 42.8 Å². The summed E-state index contributed by atoms with van der Waals surface area (Å²) in [7, 11) is 0. The Bertz CT molecular complexity index is 896. The Morgan fingerprint density at radius 1 is 1.48 bits per heavy atom. The number of fused-ring (bicyclic) bond motifs is 1. The molecule has 3 aliphatic rings. The summed E-state index contributed by atoms with van der Waals surface area (Å²) in [5.41, 5.74) is 2.68. The van der Waals surface area contributed by atoms with Crippen molar-refractivity contribution >= 4 is 17.6 Å². The standard InChI is InChI=1S/C20H23N3OS/c1-4-9-21-19-23(17(13-25-19)18-6-5-10-24-18)22-12-14-7-8-15-11-16(14)20(15,2)3/h4-7,10,12-13,15-16H,1,8-9,11H2,2-3H3/b21-19?,22-12-/t15-,16+/m1/s1. The van der Waals surface area contributed by atoms with E-state index in [1.807, 2.05) is 28.4 Å². The number of hydrogen-bond acceptors (Lipinski definition) is 4. The first-order valence-corrected chi connectivity index (χ1v) is 9.59. The van der Waals surface area contributed by atoms with Gasteiger partial charge in [-0.25, -0.2) is 4.68 Å². The summed E-state index contributed by atoms with van der Waals surface area (Å²) in [5.74, 6) is 2.25. The summed E-state index contributed by atoms with van der Waals surface area (Å²) >= 11 is 1.57. The Morgan fingerprint density at radius 3 is 3.04 bits per heavy atom. The molecule has 2 atom stereocenters. The van der Waals surface area contributed by atoms with Gasteiger partial charge in [-0.05, 0) is 47.8 Å². The normalized spacial score (nSPS) is 25.0. The summed E-state index contributed by atoms with van der Waals surface area (Å²) in [6.45, 7) is 9.08. The van der Waals surface area contributed by atoms with E-state index in [0.29, 0.717) is 17.9 Å². The molecule has 2 aromatic rings. The maximum absolute atomic E-state index is 5.57. The molecule has 0 spiro atoms. The van der Waals surface area contributed by atoms with Crippen LogP contribution in [0, 0.1) is 17.3 Å². The zero-order chi connectivity index (χ0) is 17.4. The first-order valence-electron chi connectivity index (χ1n) is 8.71. The van der Waals surface area contributed by atoms with Crippen molar-refractivity contribution in [2.75, 3.05) is 6.54 Å². The highest BCUT2D eigenvalue weighted by Crippen LogP contribution is 2.58. The minimum Gasteiger partial charge on any atom is -0.463 e. The zero-order valence-corrected chi connectivity index (χ0v) is 15.5. The van der Waals surface area contributed by atoms with Gasteiger partial charge in [0, 0.05) is 5.38 Å². The van der Waals surface area contributed by atoms with Gasteiger partial charge in [0.1, 0.15) is 5.69 Å². The highest BCUT2D eigenvalue weighted by molar-refractivity contribution is 7.07. The van der Waals surface area contributed by atoms with Gasteiger partial charge in [0.2, 0.25) is 4.80 Å². The molecule has 2 heterocycles. The maximum Gasteiger partial charge on any atom is 0.206 e. The predicted molar refractivity (Wildman–Crippen MR) is 103 cm³/mol. The van der Waals surface area contributed by atoms with E-state index < -0.39 is 0 Å². The average Bonchev–Trinajstić information content (AvgIpc) is 3.27. The van der Waals surface area contributed by atoms with Gasteiger partial charge in [0.05, 0.1) is 19.0 Å². The van der Waals surface area contributed by atoms with E-state index in [1.54, 1.807) is 23.7 Å². The number of furan rings is 1. The summed E-state index contributed by atoms with van der Waals surface area (Å²) in [6, 6.07) is 3.84. The molecule has 2 aromatic heterocycles. The molecule has 2 bridgehead atoms. The molecule has 1 fully saturated rings. The van der Waals surface area contributed by atoms with Gasteiger partial charge < -0.3 is 4.42 Å². The van der Waals surface area contributed by atoms with E-state index in [9.17, 15) is 0 Å². The van der Waals surface area contributed by atoms with Crippen LogP contribution in [0.3, 0.4) is 0 Å². The summed E-state index contributed by atoms with van der Waals surface area (Å²) in [6.07, 6.45) is 10.3. The van der Waals surface area contributed by atoms with Crippen LogP contribution in [0.2, 0.25) is 0 Å². The fourth-order valence-electron chi connectivity index (χ4n) is 3.93. The molecule has 5 heteroatoms. The number of aromatic nitrogens is 1. The predicted octanol–water partition coefficient (Wildman–Crippen LogP) is 4.72. The number of allylic oxidation sites excluding steroid dienone is 2. The van der Waals surface area contributed by atoms with Gasteiger partial charge in [0.25, 0.3) is 0 Å². The summed E-state index contributed by atoms with van der Waals surface area (Å²) in [4.78, 5) is 5.42. The van der Waals surface area contributed by atoms with Crippen LogP contribution in [0.4, 0.5) is 0 Å². The third-order valence-corrected chi connectivity index (χ3v) is 6.50. The summed E-state index contributed by atoms with van der Waals surface area (Å²) in [5, 5.41) is 6.82. The lowest BCUT2D eigenvalue weighted by Crippen LogP contribution is -2.48. The van der Waals surface area contributed by atoms with Crippen molar-refractivity contribution in [3.8, 4) is 11.5 Å². The molecule has 0 aliphatic heterocycles. The van der Waals surface area contributed by atoms with Crippen molar-refractivity contribution < 1.29 is 4.42 Å². The van der Waals surface area contributed by atoms with Crippen LogP contribution in [0.1, 0.15) is 26.7 Å². The van der Waals surface area contributed by atoms with Crippen molar-refractivity contribution in [2.24, 2.45) is 27.3 Å². The number of nitrogens with zero attached hydrogens (tertiary/aromatic N) is 3. The fraction of sp³-hybridized carbons (Fsp3) is 0.400. The van der Waals surface area contributed by atoms with Crippen molar-refractivity contribution in [1.29, 1.82) is 0 Å². The quantitative estimate of drug-likeness (QED) is 0.566. The Morgan fingerprint density at radius 2 is 2.36 bits per heavy atom. The molecule has 0 radical (unpaired) electrons. The van der Waals surface area contributed by atoms with Crippen LogP contribution in [0.5, 0.6) is 0 Å². The molecule has 5 rings (SSSR count). The van der Waals surface area contributed by atoms with Crippen molar-refractivity contribution in [3.05, 3.63) is 52.9 Å². The highest BCUT2D eigenvalue weighted by atomic mass is 32.1. The largest absolute Gasteiger partial charge is 0.463 e. The number of rotatable bonds is 5. The molecular formula is C20H23N3OS. The molecule has 130 valence electrons. The summed E-state index contributed by atoms with van der Waals surface area (Å²) < 4.78 is 7.45. The average molecular weight is 353 g/mol. The Hall–Kier alpha value is -2.14. The van der Waals surface area contributed by atoms with Crippen LogP contribution in [-0.2, 0) is 0 Å². The second kappa shape index (κ2) is 6.30. The Balaban J connectivity index is 1.71. The van der Waals surface area contributed by atoms with E-state index in [-0.39, 0.29) is 0 Å². The van der Waals surface area contributed by atoms with Gasteiger partial charge in [-0.3, -0.25) is 4.99 Å². The number of thiazole rings is 1. The molecule has 25 heavy (non-hydrogen) atoms. The van der Waals surface area contributed by atoms with Gasteiger partial charge in [-0.2, -0.15) is 5.10 Å². The van der Waals surface area contributed by atoms with Crippen molar-refractivity contribution in [2.45, 2.75) is 26.7 Å². The van der Waals surface area contributed by atoms with Crippen LogP contribution < -0.4 is 4.80 Å². The molecule has 0 aromatic carbocycles. The third-order valence-electron chi connectivity index (χ3n) is 5.65. The highest BCUT2D eigenvalue weighted by Gasteiger charge is 2.50. The van der Waals surface area contributed by atoms with Crippen LogP contribution in [0.15, 0.2) is 62.6 Å². The van der Waals surface area contributed by atoms with E-state index in [1.165, 1.54) is 12.0 Å². The lowest BCUT2D eigenvalue weighted by atomic mass is 9.49. The SMILES string of the molecule is C=CCN=c1scc(-c2ccco2)n1/N=C\C1=CC[C@@H]2C[C@@H]1C2(C)C. The van der Waals surface area contributed by atoms with Gasteiger partial charge >= 0.3 is 0 Å². The first kappa shape index (κ1) is 16.3. The van der Waals surface area contributed by atoms with Crippen LogP contribution >= 0.6 is 11.3 Å². The molecule has 0 amide bonds. The molecule has 0 N–H and O–H groups in total. The molecule has 0 unspecified atom stereocenters. The van der Waals surface area contributed by atoms with Crippen molar-refractivity contribution in [1.82, 2.24) is 4.68 Å². The van der Waals surface area contributed by atoms with Crippen LogP contribution in [0.25, 0.3) is 11.5 Å². The third kappa shape index (κ3) is 2.76. The van der Waals surface area contributed by atoms with E-state index >= 15 is 0 Å². The Kier molecular flexibility index (Phi) is 4.12. The number of hydrogen-bond donors (Lipinski definition) is 0. The van der Waals surface area contributed by atoms with E-state index in [2.05, 4.69) is 31.5 Å². The van der Waals surface area contributed by atoms with Crippen LogP contribution in [-0.4, -0.2) is 17.4 Å². The lowest BCUT2D eigenvalue weighted by Gasteiger charge is -2.55. The molecule has 4 nitrogen and oxygen atoms in total. The molecule has 1 saturated carbocycles. The second-order valence-electron chi connectivity index (χ2n) is 7.31. The van der Waals surface area contributed by atoms with E-state index in [4.69, 9.17) is 9.52 Å². The van der Waals surface area contributed by atoms with Gasteiger partial charge in [-0.15, -0.1) is 17.9 Å². The monoisotopic (exact) mass is 353 g/mol. The zero-order valence-electron chi connectivity index (χ0n) is 14.7. The second-order valence-corrected chi connectivity index (χ2v) is 8.15. The smallest absolute Gasteiger partial charge is 0.206 e. The first-order chi connectivity index (χ1) is 12.1.